The van der Waals surface area contributed by atoms with Gasteiger partial charge in [-0.05, 0) is 12.8 Å². The van der Waals surface area contributed by atoms with Crippen molar-refractivity contribution in [3.8, 4) is 0 Å². The first-order valence-corrected chi connectivity index (χ1v) is 3.97. The van der Waals surface area contributed by atoms with Gasteiger partial charge in [-0.2, -0.15) is 0 Å². The van der Waals surface area contributed by atoms with Crippen molar-refractivity contribution in [2.45, 2.75) is 26.2 Å². The second-order valence-corrected chi connectivity index (χ2v) is 3.37. The monoisotopic (exact) mass is 154 g/mol. The minimum atomic E-state index is -0.369. The highest BCUT2D eigenvalue weighted by molar-refractivity contribution is 6.03. The first-order valence-electron chi connectivity index (χ1n) is 3.97. The van der Waals surface area contributed by atoms with Gasteiger partial charge in [-0.3, -0.25) is 9.59 Å². The number of rotatable bonds is 2. The predicted octanol–water partition coefficient (Wildman–Crippen LogP) is 0.876. The maximum Gasteiger partial charge on any atom is 0.320 e. The minimum Gasteiger partial charge on any atom is -0.392 e. The Morgan fingerprint density at radius 2 is 2.36 bits per heavy atom. The molecule has 0 N–H and O–H groups in total. The lowest BCUT2D eigenvalue weighted by Crippen LogP contribution is -2.13. The quantitative estimate of drug-likeness (QED) is 0.438. The van der Waals surface area contributed by atoms with Crippen molar-refractivity contribution >= 4 is 11.9 Å². The van der Waals surface area contributed by atoms with E-state index >= 15 is 0 Å². The Labute approximate surface area is 64.7 Å². The molecule has 0 spiro atoms. The number of ether oxygens (including phenoxy) is 1. The van der Waals surface area contributed by atoms with Gasteiger partial charge in [-0.1, -0.05) is 13.3 Å². The summed E-state index contributed by atoms with van der Waals surface area (Å²) in [6, 6.07) is 0. The van der Waals surface area contributed by atoms with Crippen molar-refractivity contribution in [3.05, 3.63) is 0 Å². The molecule has 0 radical (unpaired) electrons. The van der Waals surface area contributed by atoms with Gasteiger partial charge in [-0.15, -0.1) is 0 Å². The summed E-state index contributed by atoms with van der Waals surface area (Å²) in [5.74, 6) is -0.673. The summed E-state index contributed by atoms with van der Waals surface area (Å²) in [5.41, 5.74) is -0.369. The van der Waals surface area contributed by atoms with Gasteiger partial charge in [0.05, 0.1) is 11.3 Å². The van der Waals surface area contributed by atoms with Crippen LogP contribution < -0.4 is 0 Å². The molecule has 1 saturated heterocycles. The number of cyclic esters (lactones) is 2. The number of carbonyl (C=O) groups is 2. The Bertz CT molecular complexity index is 233. The van der Waals surface area contributed by atoms with Crippen molar-refractivity contribution in [1.82, 2.24) is 0 Å². The second-order valence-electron chi connectivity index (χ2n) is 3.37. The number of esters is 2. The van der Waals surface area contributed by atoms with E-state index in [4.69, 9.17) is 0 Å². The van der Waals surface area contributed by atoms with Crippen LogP contribution in [-0.4, -0.2) is 11.9 Å². The van der Waals surface area contributed by atoms with Crippen LogP contribution in [0.4, 0.5) is 0 Å². The molecule has 0 aromatic carbocycles. The fourth-order valence-electron chi connectivity index (χ4n) is 1.93. The summed E-state index contributed by atoms with van der Waals surface area (Å²) in [5, 5.41) is 0. The molecule has 1 aliphatic carbocycles. The first-order chi connectivity index (χ1) is 5.20. The molecule has 3 heteroatoms. The van der Waals surface area contributed by atoms with E-state index in [-0.39, 0.29) is 23.3 Å². The molecule has 0 aromatic rings. The fourth-order valence-corrected chi connectivity index (χ4v) is 1.93. The molecule has 2 rings (SSSR count). The summed E-state index contributed by atoms with van der Waals surface area (Å²) in [6.45, 7) is 2.01. The highest BCUT2D eigenvalue weighted by atomic mass is 16.6. The molecule has 2 fully saturated rings. The van der Waals surface area contributed by atoms with Gasteiger partial charge in [0, 0.05) is 0 Å². The molecule has 0 bridgehead atoms. The zero-order chi connectivity index (χ0) is 8.06. The van der Waals surface area contributed by atoms with Crippen LogP contribution in [0.2, 0.25) is 0 Å². The van der Waals surface area contributed by atoms with E-state index in [0.29, 0.717) is 0 Å². The molecule has 2 unspecified atom stereocenters. The number of hydrogen-bond acceptors (Lipinski definition) is 3. The molecule has 1 saturated carbocycles. The van der Waals surface area contributed by atoms with E-state index in [1.54, 1.807) is 0 Å². The van der Waals surface area contributed by atoms with Gasteiger partial charge >= 0.3 is 11.9 Å². The summed E-state index contributed by atoms with van der Waals surface area (Å²) < 4.78 is 4.50. The molecule has 0 aromatic heterocycles. The van der Waals surface area contributed by atoms with Crippen LogP contribution in [0.1, 0.15) is 26.2 Å². The number of hydrogen-bond donors (Lipinski definition) is 0. The maximum atomic E-state index is 11.1. The van der Waals surface area contributed by atoms with E-state index in [9.17, 15) is 9.59 Å². The summed E-state index contributed by atoms with van der Waals surface area (Å²) >= 11 is 0. The molecule has 60 valence electrons. The lowest BCUT2D eigenvalue weighted by Gasteiger charge is -2.03. The van der Waals surface area contributed by atoms with Crippen LogP contribution in [0.5, 0.6) is 0 Å². The first kappa shape index (κ1) is 6.83. The van der Waals surface area contributed by atoms with Crippen molar-refractivity contribution in [2.24, 2.45) is 11.3 Å². The van der Waals surface area contributed by atoms with E-state index < -0.39 is 0 Å². The standard InChI is InChI=1S/C8H10O3/c1-2-3-8-4-5(8)6(9)11-7(8)10/h5H,2-4H2,1H3. The molecular weight excluding hydrogens is 144 g/mol. The Balaban J connectivity index is 2.19. The van der Waals surface area contributed by atoms with E-state index in [0.717, 1.165) is 19.3 Å². The third-order valence-electron chi connectivity index (χ3n) is 2.66. The van der Waals surface area contributed by atoms with E-state index in [1.807, 2.05) is 6.92 Å². The SMILES string of the molecule is CCCC12CC1C(=O)OC2=O. The Kier molecular flexibility index (Phi) is 1.14. The highest BCUT2D eigenvalue weighted by Gasteiger charge is 2.70. The zero-order valence-corrected chi connectivity index (χ0v) is 6.42. The molecule has 1 heterocycles. The third-order valence-corrected chi connectivity index (χ3v) is 2.66. The molecule has 2 atom stereocenters. The van der Waals surface area contributed by atoms with Crippen molar-refractivity contribution < 1.29 is 14.3 Å². The molecular formula is C8H10O3. The summed E-state index contributed by atoms with van der Waals surface area (Å²) in [4.78, 5) is 22.0. The average molecular weight is 154 g/mol. The van der Waals surface area contributed by atoms with E-state index in [1.165, 1.54) is 0 Å². The van der Waals surface area contributed by atoms with Crippen LogP contribution in [0.25, 0.3) is 0 Å². The van der Waals surface area contributed by atoms with Crippen LogP contribution in [-0.2, 0) is 14.3 Å². The zero-order valence-electron chi connectivity index (χ0n) is 6.42. The number of carbonyl (C=O) groups excluding carboxylic acids is 2. The maximum absolute atomic E-state index is 11.1. The van der Waals surface area contributed by atoms with Crippen LogP contribution in [0.15, 0.2) is 0 Å². The third kappa shape index (κ3) is 0.682. The lowest BCUT2D eigenvalue weighted by atomic mass is 10.00. The normalized spacial score (nSPS) is 40.3. The average Bonchev–Trinajstić information content (AvgIpc) is 2.59. The summed E-state index contributed by atoms with van der Waals surface area (Å²) in [7, 11) is 0. The Hall–Kier alpha value is -0.860. The topological polar surface area (TPSA) is 43.4 Å². The van der Waals surface area contributed by atoms with Crippen LogP contribution in [0, 0.1) is 11.3 Å². The Morgan fingerprint density at radius 1 is 1.64 bits per heavy atom. The summed E-state index contributed by atoms with van der Waals surface area (Å²) in [6.07, 6.45) is 2.49. The molecule has 11 heavy (non-hydrogen) atoms. The number of fused-ring (bicyclic) bond motifs is 1. The smallest absolute Gasteiger partial charge is 0.320 e. The fraction of sp³-hybridized carbons (Fsp3) is 0.750. The molecule has 0 amide bonds. The van der Waals surface area contributed by atoms with Gasteiger partial charge in [0.25, 0.3) is 0 Å². The van der Waals surface area contributed by atoms with Crippen LogP contribution >= 0.6 is 0 Å². The predicted molar refractivity (Wildman–Crippen MR) is 36.5 cm³/mol. The van der Waals surface area contributed by atoms with Crippen molar-refractivity contribution in [2.75, 3.05) is 0 Å². The van der Waals surface area contributed by atoms with Gasteiger partial charge < -0.3 is 4.74 Å². The van der Waals surface area contributed by atoms with Crippen molar-refractivity contribution in [1.29, 1.82) is 0 Å². The molecule has 2 aliphatic rings. The molecule has 3 nitrogen and oxygen atoms in total. The largest absolute Gasteiger partial charge is 0.392 e. The van der Waals surface area contributed by atoms with Gasteiger partial charge in [0.15, 0.2) is 0 Å². The van der Waals surface area contributed by atoms with E-state index in [2.05, 4.69) is 4.74 Å². The minimum absolute atomic E-state index is 0.0880. The molecule has 1 aliphatic heterocycles. The highest BCUT2D eigenvalue weighted by Crippen LogP contribution is 2.61. The van der Waals surface area contributed by atoms with Gasteiger partial charge in [0.2, 0.25) is 0 Å². The van der Waals surface area contributed by atoms with Gasteiger partial charge in [-0.25, -0.2) is 0 Å². The lowest BCUT2D eigenvalue weighted by molar-refractivity contribution is -0.157. The van der Waals surface area contributed by atoms with Crippen LogP contribution in [0.3, 0.4) is 0 Å². The van der Waals surface area contributed by atoms with Crippen molar-refractivity contribution in [3.63, 3.8) is 0 Å². The Morgan fingerprint density at radius 3 is 2.73 bits per heavy atom. The second kappa shape index (κ2) is 1.84. The van der Waals surface area contributed by atoms with Gasteiger partial charge in [0.1, 0.15) is 0 Å².